The molecule has 1 aliphatic heterocycles. The van der Waals surface area contributed by atoms with Crippen LogP contribution in [-0.2, 0) is 11.3 Å². The maximum absolute atomic E-state index is 11.6. The quantitative estimate of drug-likeness (QED) is 0.730. The monoisotopic (exact) mass is 273 g/mol. The van der Waals surface area contributed by atoms with Gasteiger partial charge >= 0.3 is 4.87 Å². The molecule has 3 N–H and O–H groups in total. The average Bonchev–Trinajstić information content (AvgIpc) is 2.74. The minimum absolute atomic E-state index is 0.0250. The molecule has 2 heterocycles. The van der Waals surface area contributed by atoms with Crippen LogP contribution in [0.1, 0.15) is 12.1 Å². The number of thioether (sulfide) groups is 1. The van der Waals surface area contributed by atoms with Gasteiger partial charge in [-0.15, -0.1) is 0 Å². The predicted molar refractivity (Wildman–Crippen MR) is 70.5 cm³/mol. The largest absolute Gasteiger partial charge is 0.350 e. The van der Waals surface area contributed by atoms with E-state index < -0.39 is 0 Å². The summed E-state index contributed by atoms with van der Waals surface area (Å²) in [5, 5.41) is 7.86. The Kier molecular flexibility index (Phi) is 4.64. The van der Waals surface area contributed by atoms with Crippen molar-refractivity contribution in [1.29, 1.82) is 0 Å². The first-order valence-electron chi connectivity index (χ1n) is 5.48. The molecule has 1 aliphatic rings. The Morgan fingerprint density at radius 1 is 1.59 bits per heavy atom. The van der Waals surface area contributed by atoms with Gasteiger partial charge in [0, 0.05) is 41.6 Å². The molecule has 1 aromatic rings. The Balaban J connectivity index is 1.71. The molecular weight excluding hydrogens is 258 g/mol. The molecule has 0 saturated carbocycles. The summed E-state index contributed by atoms with van der Waals surface area (Å²) in [5.41, 5.74) is 0.763. The molecule has 1 aromatic heterocycles. The van der Waals surface area contributed by atoms with Crippen molar-refractivity contribution >= 4 is 29.0 Å². The first-order chi connectivity index (χ1) is 8.24. The summed E-state index contributed by atoms with van der Waals surface area (Å²) in [6.45, 7) is 1.37. The van der Waals surface area contributed by atoms with Crippen LogP contribution in [0.5, 0.6) is 0 Å². The van der Waals surface area contributed by atoms with E-state index >= 15 is 0 Å². The van der Waals surface area contributed by atoms with E-state index in [-0.39, 0.29) is 16.8 Å². The summed E-state index contributed by atoms with van der Waals surface area (Å²) in [5.74, 6) is 2.13. The number of aromatic amines is 1. The van der Waals surface area contributed by atoms with Crippen LogP contribution in [0.2, 0.25) is 0 Å². The number of aromatic nitrogens is 1. The second kappa shape index (κ2) is 6.23. The lowest BCUT2D eigenvalue weighted by Crippen LogP contribution is -2.41. The topological polar surface area (TPSA) is 74.0 Å². The summed E-state index contributed by atoms with van der Waals surface area (Å²) in [7, 11) is 0. The lowest BCUT2D eigenvalue weighted by atomic mass is 10.2. The van der Waals surface area contributed by atoms with Gasteiger partial charge in [0.25, 0.3) is 0 Å². The van der Waals surface area contributed by atoms with Gasteiger partial charge in [0.15, 0.2) is 0 Å². The van der Waals surface area contributed by atoms with Gasteiger partial charge in [0.1, 0.15) is 0 Å². The van der Waals surface area contributed by atoms with E-state index in [1.165, 1.54) is 0 Å². The van der Waals surface area contributed by atoms with Gasteiger partial charge in [-0.1, -0.05) is 11.3 Å². The van der Waals surface area contributed by atoms with Crippen LogP contribution in [0.15, 0.2) is 10.2 Å². The zero-order valence-electron chi connectivity index (χ0n) is 9.32. The lowest BCUT2D eigenvalue weighted by molar-refractivity contribution is -0.121. The van der Waals surface area contributed by atoms with Gasteiger partial charge < -0.3 is 15.6 Å². The van der Waals surface area contributed by atoms with E-state index in [0.29, 0.717) is 13.0 Å². The van der Waals surface area contributed by atoms with Crippen LogP contribution in [0.4, 0.5) is 0 Å². The summed E-state index contributed by atoms with van der Waals surface area (Å²) in [4.78, 5) is 25.1. The summed E-state index contributed by atoms with van der Waals surface area (Å²) < 4.78 is 0. The van der Waals surface area contributed by atoms with Crippen LogP contribution >= 0.6 is 23.1 Å². The molecule has 1 saturated heterocycles. The molecule has 17 heavy (non-hydrogen) atoms. The number of thiazole rings is 1. The fourth-order valence-corrected chi connectivity index (χ4v) is 3.17. The summed E-state index contributed by atoms with van der Waals surface area (Å²) in [6.07, 6.45) is 0.501. The van der Waals surface area contributed by atoms with Crippen molar-refractivity contribution in [3.8, 4) is 0 Å². The fraction of sp³-hybridized carbons (Fsp3) is 0.600. The molecule has 1 amide bonds. The number of hydrogen-bond acceptors (Lipinski definition) is 5. The standard InChI is InChI=1S/C10H15N3O2S2/c14-9(3-7-5-16-2-1-11-7)12-4-8-6-17-10(15)13-8/h6-7,11H,1-5H2,(H,12,14)(H,13,15). The van der Waals surface area contributed by atoms with E-state index in [1.807, 2.05) is 11.8 Å². The Hall–Kier alpha value is -0.790. The van der Waals surface area contributed by atoms with Crippen molar-refractivity contribution < 1.29 is 4.79 Å². The summed E-state index contributed by atoms with van der Waals surface area (Å²) >= 11 is 2.99. The predicted octanol–water partition coefficient (Wildman–Crippen LogP) is 0.148. The minimum atomic E-state index is -0.0837. The maximum atomic E-state index is 11.6. The normalized spacial score (nSPS) is 20.1. The molecule has 0 aliphatic carbocycles. The highest BCUT2D eigenvalue weighted by atomic mass is 32.2. The van der Waals surface area contributed by atoms with Crippen LogP contribution in [0.3, 0.4) is 0 Å². The van der Waals surface area contributed by atoms with Gasteiger partial charge in [0.2, 0.25) is 5.91 Å². The van der Waals surface area contributed by atoms with Crippen molar-refractivity contribution in [3.05, 3.63) is 20.7 Å². The number of hydrogen-bond donors (Lipinski definition) is 3. The molecule has 0 spiro atoms. The number of carbonyl (C=O) groups excluding carboxylic acids is 1. The molecule has 0 aromatic carbocycles. The van der Waals surface area contributed by atoms with Crippen molar-refractivity contribution in [2.75, 3.05) is 18.1 Å². The Morgan fingerprint density at radius 2 is 2.47 bits per heavy atom. The second-order valence-electron chi connectivity index (χ2n) is 3.88. The molecular formula is C10H15N3O2S2. The van der Waals surface area contributed by atoms with Gasteiger partial charge in [-0.25, -0.2) is 0 Å². The number of carbonyl (C=O) groups is 1. The number of H-pyrrole nitrogens is 1. The number of nitrogens with one attached hydrogen (secondary N) is 3. The molecule has 94 valence electrons. The van der Waals surface area contributed by atoms with E-state index in [4.69, 9.17) is 0 Å². The van der Waals surface area contributed by atoms with Crippen LogP contribution in [0.25, 0.3) is 0 Å². The van der Waals surface area contributed by atoms with Crippen LogP contribution < -0.4 is 15.5 Å². The van der Waals surface area contributed by atoms with Crippen LogP contribution in [-0.4, -0.2) is 35.0 Å². The van der Waals surface area contributed by atoms with E-state index in [0.717, 1.165) is 35.1 Å². The zero-order chi connectivity index (χ0) is 12.1. The van der Waals surface area contributed by atoms with Crippen molar-refractivity contribution in [2.24, 2.45) is 0 Å². The third-order valence-corrected chi connectivity index (χ3v) is 4.33. The fourth-order valence-electron chi connectivity index (χ4n) is 1.64. The first-order valence-corrected chi connectivity index (χ1v) is 7.52. The van der Waals surface area contributed by atoms with E-state index in [1.54, 1.807) is 5.38 Å². The summed E-state index contributed by atoms with van der Waals surface area (Å²) in [6, 6.07) is 0.273. The Morgan fingerprint density at radius 3 is 3.12 bits per heavy atom. The second-order valence-corrected chi connectivity index (χ2v) is 5.87. The number of amides is 1. The smallest absolute Gasteiger partial charge is 0.304 e. The maximum Gasteiger partial charge on any atom is 0.304 e. The van der Waals surface area contributed by atoms with Gasteiger partial charge in [-0.05, 0) is 0 Å². The van der Waals surface area contributed by atoms with Crippen LogP contribution in [0, 0.1) is 0 Å². The van der Waals surface area contributed by atoms with Crippen molar-refractivity contribution in [1.82, 2.24) is 15.6 Å². The van der Waals surface area contributed by atoms with E-state index in [9.17, 15) is 9.59 Å². The molecule has 7 heteroatoms. The van der Waals surface area contributed by atoms with E-state index in [2.05, 4.69) is 15.6 Å². The highest BCUT2D eigenvalue weighted by Gasteiger charge is 2.16. The Bertz CT molecular complexity index is 423. The molecule has 2 rings (SSSR count). The van der Waals surface area contributed by atoms with Gasteiger partial charge in [0.05, 0.1) is 6.54 Å². The van der Waals surface area contributed by atoms with Crippen molar-refractivity contribution in [2.45, 2.75) is 19.0 Å². The molecule has 1 fully saturated rings. The van der Waals surface area contributed by atoms with Gasteiger partial charge in [-0.2, -0.15) is 11.8 Å². The molecule has 0 bridgehead atoms. The van der Waals surface area contributed by atoms with Gasteiger partial charge in [-0.3, -0.25) is 9.59 Å². The molecule has 1 atom stereocenters. The molecule has 5 nitrogen and oxygen atoms in total. The zero-order valence-corrected chi connectivity index (χ0v) is 11.0. The first kappa shape index (κ1) is 12.7. The molecule has 0 radical (unpaired) electrons. The lowest BCUT2D eigenvalue weighted by Gasteiger charge is -2.22. The minimum Gasteiger partial charge on any atom is -0.350 e. The Labute approximate surface area is 107 Å². The molecule has 1 unspecified atom stereocenters. The third kappa shape index (κ3) is 4.18. The number of rotatable bonds is 4. The third-order valence-electron chi connectivity index (χ3n) is 2.48. The highest BCUT2D eigenvalue weighted by molar-refractivity contribution is 7.99. The highest BCUT2D eigenvalue weighted by Crippen LogP contribution is 2.10. The average molecular weight is 273 g/mol. The van der Waals surface area contributed by atoms with Crippen molar-refractivity contribution in [3.63, 3.8) is 0 Å². The SMILES string of the molecule is O=C(CC1CSCCN1)NCc1csc(=O)[nH]1.